The van der Waals surface area contributed by atoms with Crippen LogP contribution in [0.2, 0.25) is 0 Å². The fourth-order valence-electron chi connectivity index (χ4n) is 2.60. The molecule has 0 aliphatic carbocycles. The van der Waals surface area contributed by atoms with Gasteiger partial charge in [0.2, 0.25) is 0 Å². The largest absolute Gasteiger partial charge is 0.497 e. The summed E-state index contributed by atoms with van der Waals surface area (Å²) >= 11 is 0. The molecule has 3 rings (SSSR count). The van der Waals surface area contributed by atoms with Crippen LogP contribution in [0.1, 0.15) is 10.4 Å². The van der Waals surface area contributed by atoms with Gasteiger partial charge in [0.25, 0.3) is 5.78 Å². The lowest BCUT2D eigenvalue weighted by molar-refractivity contribution is -0.0886. The lowest BCUT2D eigenvalue weighted by atomic mass is 10.1. The van der Waals surface area contributed by atoms with Crippen molar-refractivity contribution >= 4 is 28.1 Å². The van der Waals surface area contributed by atoms with Gasteiger partial charge in [0.1, 0.15) is 22.6 Å². The molecule has 28 heavy (non-hydrogen) atoms. The Morgan fingerprint density at radius 3 is 2.18 bits per heavy atom. The number of ether oxygens (including phenoxy) is 2. The van der Waals surface area contributed by atoms with E-state index in [0.717, 1.165) is 0 Å². The van der Waals surface area contributed by atoms with E-state index >= 15 is 0 Å². The first-order valence-corrected chi connectivity index (χ1v) is 7.92. The van der Waals surface area contributed by atoms with Crippen LogP contribution < -0.4 is 20.4 Å². The molecule has 9 heteroatoms. The van der Waals surface area contributed by atoms with E-state index in [9.17, 15) is 22.8 Å². The molecule has 2 aromatic carbocycles. The second-order valence-corrected chi connectivity index (χ2v) is 5.68. The number of anilines is 2. The Kier molecular flexibility index (Phi) is 5.00. The Labute approximate surface area is 156 Å². The van der Waals surface area contributed by atoms with Crippen molar-refractivity contribution in [1.29, 1.82) is 0 Å². The number of hydrogen-bond acceptors (Lipinski definition) is 6. The van der Waals surface area contributed by atoms with Crippen molar-refractivity contribution in [2.24, 2.45) is 0 Å². The van der Waals surface area contributed by atoms with E-state index in [0.29, 0.717) is 17.2 Å². The molecule has 0 amide bonds. The summed E-state index contributed by atoms with van der Waals surface area (Å²) in [6, 6.07) is 10.4. The first-order chi connectivity index (χ1) is 13.2. The van der Waals surface area contributed by atoms with Crippen molar-refractivity contribution in [2.45, 2.75) is 6.18 Å². The highest BCUT2D eigenvalue weighted by molar-refractivity contribution is 6.10. The third-order valence-electron chi connectivity index (χ3n) is 3.96. The summed E-state index contributed by atoms with van der Waals surface area (Å²) in [5, 5.41) is 2.84. The van der Waals surface area contributed by atoms with Gasteiger partial charge in [0.15, 0.2) is 0 Å². The smallest absolute Gasteiger partial charge is 0.455 e. The van der Waals surface area contributed by atoms with Crippen LogP contribution in [0.25, 0.3) is 11.0 Å². The molecule has 0 bridgehead atoms. The van der Waals surface area contributed by atoms with E-state index in [2.05, 4.69) is 5.32 Å². The predicted molar refractivity (Wildman–Crippen MR) is 95.7 cm³/mol. The van der Waals surface area contributed by atoms with Crippen LogP contribution in [0.4, 0.5) is 24.5 Å². The van der Waals surface area contributed by atoms with Crippen LogP contribution >= 0.6 is 0 Å². The SMILES string of the molecule is COc1ccc(Nc2c(C(=O)C(F)(F)F)c(=O)oc3cc(OC)ccc23)cc1. The molecule has 0 radical (unpaired) electrons. The number of alkyl halides is 3. The quantitative estimate of drug-likeness (QED) is 0.515. The van der Waals surface area contributed by atoms with Gasteiger partial charge in [-0.1, -0.05) is 0 Å². The van der Waals surface area contributed by atoms with Gasteiger partial charge in [-0.25, -0.2) is 4.79 Å². The van der Waals surface area contributed by atoms with Crippen LogP contribution in [0.3, 0.4) is 0 Å². The normalized spacial score (nSPS) is 11.3. The predicted octanol–water partition coefficient (Wildman–Crippen LogP) is 4.30. The molecule has 0 unspecified atom stereocenters. The second kappa shape index (κ2) is 7.26. The molecule has 0 aliphatic rings. The standard InChI is InChI=1S/C19H14F3NO5/c1-26-11-5-3-10(4-6-11)23-16-13-8-7-12(27-2)9-14(13)28-18(25)15(16)17(24)19(20,21)22/h3-9,23H,1-2H3. The van der Waals surface area contributed by atoms with Crippen LogP contribution in [0.15, 0.2) is 51.7 Å². The maximum absolute atomic E-state index is 13.1. The van der Waals surface area contributed by atoms with E-state index in [1.54, 1.807) is 12.1 Å². The van der Waals surface area contributed by atoms with E-state index < -0.39 is 23.1 Å². The van der Waals surface area contributed by atoms with Crippen molar-refractivity contribution in [3.8, 4) is 11.5 Å². The molecular weight excluding hydrogens is 379 g/mol. The van der Waals surface area contributed by atoms with Crippen molar-refractivity contribution in [1.82, 2.24) is 0 Å². The van der Waals surface area contributed by atoms with Gasteiger partial charge in [-0.05, 0) is 36.4 Å². The van der Waals surface area contributed by atoms with Crippen molar-refractivity contribution in [3.05, 3.63) is 58.4 Å². The number of halogens is 3. The van der Waals surface area contributed by atoms with Gasteiger partial charge >= 0.3 is 11.8 Å². The molecule has 0 spiro atoms. The van der Waals surface area contributed by atoms with Gasteiger partial charge in [0.05, 0.1) is 19.9 Å². The minimum Gasteiger partial charge on any atom is -0.497 e. The van der Waals surface area contributed by atoms with Gasteiger partial charge in [-0.2, -0.15) is 13.2 Å². The summed E-state index contributed by atoms with van der Waals surface area (Å²) in [5.74, 6) is -1.43. The van der Waals surface area contributed by atoms with Crippen LogP contribution in [-0.4, -0.2) is 26.2 Å². The van der Waals surface area contributed by atoms with E-state index in [1.807, 2.05) is 0 Å². The first kappa shape index (κ1) is 19.3. The zero-order chi connectivity index (χ0) is 20.5. The highest BCUT2D eigenvalue weighted by Gasteiger charge is 2.43. The van der Waals surface area contributed by atoms with E-state index in [4.69, 9.17) is 13.9 Å². The highest BCUT2D eigenvalue weighted by atomic mass is 19.4. The Hall–Kier alpha value is -3.49. The lowest BCUT2D eigenvalue weighted by Crippen LogP contribution is -2.29. The number of carbonyl (C=O) groups is 1. The molecule has 1 heterocycles. The Balaban J connectivity index is 2.25. The number of nitrogens with one attached hydrogen (secondary N) is 1. The van der Waals surface area contributed by atoms with Gasteiger partial charge in [-0.15, -0.1) is 0 Å². The highest BCUT2D eigenvalue weighted by Crippen LogP contribution is 2.34. The van der Waals surface area contributed by atoms with Crippen LogP contribution in [0, 0.1) is 0 Å². The summed E-state index contributed by atoms with van der Waals surface area (Å²) in [7, 11) is 2.85. The number of ketones is 1. The zero-order valence-electron chi connectivity index (χ0n) is 14.7. The maximum atomic E-state index is 13.1. The first-order valence-electron chi connectivity index (χ1n) is 7.92. The zero-order valence-corrected chi connectivity index (χ0v) is 14.7. The molecule has 0 fully saturated rings. The molecular formula is C19H14F3NO5. The molecule has 0 saturated carbocycles. The average molecular weight is 393 g/mol. The number of benzene rings is 2. The van der Waals surface area contributed by atoms with Crippen molar-refractivity contribution < 1.29 is 31.9 Å². The maximum Gasteiger partial charge on any atom is 0.455 e. The minimum absolute atomic E-state index is 0.0286. The number of fused-ring (bicyclic) bond motifs is 1. The topological polar surface area (TPSA) is 77.8 Å². The fraction of sp³-hybridized carbons (Fsp3) is 0.158. The van der Waals surface area contributed by atoms with Crippen molar-refractivity contribution in [2.75, 3.05) is 19.5 Å². The lowest BCUT2D eigenvalue weighted by Gasteiger charge is -2.15. The molecule has 146 valence electrons. The summed E-state index contributed by atoms with van der Waals surface area (Å²) in [5.41, 5.74) is -2.51. The Bertz CT molecular complexity index is 1090. The monoisotopic (exact) mass is 393 g/mol. The summed E-state index contributed by atoms with van der Waals surface area (Å²) < 4.78 is 54.2. The second-order valence-electron chi connectivity index (χ2n) is 5.68. The Morgan fingerprint density at radius 2 is 1.61 bits per heavy atom. The molecule has 1 N–H and O–H groups in total. The van der Waals surface area contributed by atoms with E-state index in [-0.39, 0.29) is 16.7 Å². The summed E-state index contributed by atoms with van der Waals surface area (Å²) in [4.78, 5) is 24.1. The van der Waals surface area contributed by atoms with Gasteiger partial charge in [0, 0.05) is 17.1 Å². The number of rotatable bonds is 5. The molecule has 0 saturated heterocycles. The minimum atomic E-state index is -5.24. The van der Waals surface area contributed by atoms with Crippen molar-refractivity contribution in [3.63, 3.8) is 0 Å². The number of hydrogen-bond donors (Lipinski definition) is 1. The summed E-state index contributed by atoms with van der Waals surface area (Å²) in [6.45, 7) is 0. The van der Waals surface area contributed by atoms with Crippen LogP contribution in [-0.2, 0) is 0 Å². The average Bonchev–Trinajstić information content (AvgIpc) is 2.67. The number of methoxy groups -OCH3 is 2. The molecule has 0 aliphatic heterocycles. The summed E-state index contributed by atoms with van der Waals surface area (Å²) in [6.07, 6.45) is -5.24. The van der Waals surface area contributed by atoms with Crippen LogP contribution in [0.5, 0.6) is 11.5 Å². The fourth-order valence-corrected chi connectivity index (χ4v) is 2.60. The molecule has 0 atom stereocenters. The van der Waals surface area contributed by atoms with E-state index in [1.165, 1.54) is 44.6 Å². The molecule has 1 aromatic heterocycles. The number of Topliss-reactive ketones (excluding diaryl/α,β-unsaturated/α-hetero) is 1. The molecule has 6 nitrogen and oxygen atoms in total. The number of carbonyl (C=O) groups excluding carboxylic acids is 1. The Morgan fingerprint density at radius 1 is 1.00 bits per heavy atom. The third kappa shape index (κ3) is 3.64. The third-order valence-corrected chi connectivity index (χ3v) is 3.96. The molecule has 3 aromatic rings. The van der Waals surface area contributed by atoms with Gasteiger partial charge < -0.3 is 19.2 Å². The van der Waals surface area contributed by atoms with Gasteiger partial charge in [-0.3, -0.25) is 4.79 Å².